The minimum atomic E-state index is -0.553. The van der Waals surface area contributed by atoms with Crippen molar-refractivity contribution in [1.29, 1.82) is 0 Å². The van der Waals surface area contributed by atoms with E-state index in [1.165, 1.54) is 0 Å². The van der Waals surface area contributed by atoms with Crippen molar-refractivity contribution < 1.29 is 14.3 Å². The molecule has 0 N–H and O–H groups in total. The van der Waals surface area contributed by atoms with Gasteiger partial charge in [-0.3, -0.25) is 9.59 Å². The van der Waals surface area contributed by atoms with Gasteiger partial charge in [0, 0.05) is 16.7 Å². The van der Waals surface area contributed by atoms with Crippen LogP contribution in [0, 0.1) is 0 Å². The Hall–Kier alpha value is -2.27. The SMILES string of the molecule is CC1CCN(C(=O)COC(=O)C2(c3ccccc3)CC2)c2ccccc2S1. The van der Waals surface area contributed by atoms with Gasteiger partial charge in [0.05, 0.1) is 11.1 Å². The van der Waals surface area contributed by atoms with Crippen LogP contribution in [0.15, 0.2) is 59.5 Å². The van der Waals surface area contributed by atoms with Gasteiger partial charge in [-0.1, -0.05) is 49.4 Å². The summed E-state index contributed by atoms with van der Waals surface area (Å²) in [6, 6.07) is 17.7. The number of carbonyl (C=O) groups excluding carboxylic acids is 2. The summed E-state index contributed by atoms with van der Waals surface area (Å²) >= 11 is 1.79. The molecule has 0 bridgehead atoms. The van der Waals surface area contributed by atoms with Crippen molar-refractivity contribution in [3.8, 4) is 0 Å². The van der Waals surface area contributed by atoms with Gasteiger partial charge in [-0.25, -0.2) is 0 Å². The number of amides is 1. The number of hydrogen-bond acceptors (Lipinski definition) is 4. The van der Waals surface area contributed by atoms with E-state index in [0.29, 0.717) is 11.8 Å². The zero-order valence-electron chi connectivity index (χ0n) is 15.4. The Labute approximate surface area is 163 Å². The van der Waals surface area contributed by atoms with Crippen LogP contribution in [-0.2, 0) is 19.7 Å². The molecular formula is C22H23NO3S. The zero-order valence-corrected chi connectivity index (χ0v) is 16.2. The first-order chi connectivity index (χ1) is 13.1. The van der Waals surface area contributed by atoms with Gasteiger partial charge in [0.15, 0.2) is 6.61 Å². The highest BCUT2D eigenvalue weighted by atomic mass is 32.2. The lowest BCUT2D eigenvalue weighted by molar-refractivity contribution is -0.150. The first-order valence-corrected chi connectivity index (χ1v) is 10.3. The standard InChI is InChI=1S/C22H23NO3S/c1-16-11-14-23(18-9-5-6-10-19(18)27-16)20(24)15-26-21(25)22(12-13-22)17-7-3-2-4-8-17/h2-10,16H,11-15H2,1H3. The summed E-state index contributed by atoms with van der Waals surface area (Å²) < 4.78 is 5.48. The topological polar surface area (TPSA) is 46.6 Å². The third-order valence-corrected chi connectivity index (χ3v) is 6.58. The molecule has 2 aromatic carbocycles. The molecule has 2 aromatic rings. The number of benzene rings is 2. The van der Waals surface area contributed by atoms with Gasteiger partial charge >= 0.3 is 5.97 Å². The number of hydrogen-bond donors (Lipinski definition) is 0. The van der Waals surface area contributed by atoms with E-state index < -0.39 is 5.41 Å². The number of anilines is 1. The molecule has 0 saturated heterocycles. The van der Waals surface area contributed by atoms with Crippen molar-refractivity contribution in [2.75, 3.05) is 18.1 Å². The monoisotopic (exact) mass is 381 g/mol. The molecule has 1 aliphatic carbocycles. The Morgan fingerprint density at radius 1 is 1.11 bits per heavy atom. The van der Waals surface area contributed by atoms with Gasteiger partial charge in [-0.05, 0) is 37.0 Å². The van der Waals surface area contributed by atoms with Gasteiger partial charge in [0.2, 0.25) is 0 Å². The number of rotatable bonds is 4. The van der Waals surface area contributed by atoms with Crippen LogP contribution in [0.3, 0.4) is 0 Å². The van der Waals surface area contributed by atoms with Crippen LogP contribution >= 0.6 is 11.8 Å². The number of thioether (sulfide) groups is 1. The second-order valence-electron chi connectivity index (χ2n) is 7.25. The maximum Gasteiger partial charge on any atom is 0.317 e. The predicted octanol–water partition coefficient (Wildman–Crippen LogP) is 4.18. The zero-order chi connectivity index (χ0) is 18.9. The molecule has 0 aromatic heterocycles. The second-order valence-corrected chi connectivity index (χ2v) is 8.73. The van der Waals surface area contributed by atoms with Crippen LogP contribution in [0.2, 0.25) is 0 Å². The molecule has 140 valence electrons. The van der Waals surface area contributed by atoms with Crippen LogP contribution in [-0.4, -0.2) is 30.3 Å². The van der Waals surface area contributed by atoms with E-state index in [4.69, 9.17) is 4.74 Å². The molecular weight excluding hydrogens is 358 g/mol. The van der Waals surface area contributed by atoms with Crippen LogP contribution in [0.25, 0.3) is 0 Å². The summed E-state index contributed by atoms with van der Waals surface area (Å²) in [7, 11) is 0. The molecule has 1 fully saturated rings. The molecule has 4 nitrogen and oxygen atoms in total. The smallest absolute Gasteiger partial charge is 0.317 e. The molecule has 1 saturated carbocycles. The molecule has 0 radical (unpaired) electrons. The lowest BCUT2D eigenvalue weighted by atomic mass is 9.96. The van der Waals surface area contributed by atoms with Gasteiger partial charge in [-0.15, -0.1) is 11.8 Å². The Morgan fingerprint density at radius 3 is 2.56 bits per heavy atom. The fraction of sp³-hybridized carbons (Fsp3) is 0.364. The summed E-state index contributed by atoms with van der Waals surface area (Å²) in [5, 5.41) is 0.444. The molecule has 1 unspecified atom stereocenters. The third kappa shape index (κ3) is 3.61. The summed E-state index contributed by atoms with van der Waals surface area (Å²) in [6.07, 6.45) is 2.47. The number of esters is 1. The Kier molecular flexibility index (Phi) is 4.96. The average Bonchev–Trinajstić information content (AvgIpc) is 3.51. The Morgan fingerprint density at radius 2 is 1.81 bits per heavy atom. The lowest BCUT2D eigenvalue weighted by Crippen LogP contribution is -2.37. The van der Waals surface area contributed by atoms with Crippen molar-refractivity contribution in [3.63, 3.8) is 0 Å². The fourth-order valence-corrected chi connectivity index (χ4v) is 4.69. The van der Waals surface area contributed by atoms with Crippen LogP contribution in [0.1, 0.15) is 31.7 Å². The van der Waals surface area contributed by atoms with E-state index >= 15 is 0 Å². The van der Waals surface area contributed by atoms with E-state index in [2.05, 4.69) is 6.92 Å². The van der Waals surface area contributed by atoms with E-state index in [0.717, 1.165) is 35.4 Å². The van der Waals surface area contributed by atoms with Crippen molar-refractivity contribution in [2.45, 2.75) is 41.7 Å². The summed E-state index contributed by atoms with van der Waals surface area (Å²) in [4.78, 5) is 28.4. The summed E-state index contributed by atoms with van der Waals surface area (Å²) in [6.45, 7) is 2.61. The Balaban J connectivity index is 1.45. The number of ether oxygens (including phenoxy) is 1. The molecule has 4 rings (SSSR count). The third-order valence-electron chi connectivity index (χ3n) is 5.34. The molecule has 1 heterocycles. The van der Waals surface area contributed by atoms with Gasteiger partial charge in [-0.2, -0.15) is 0 Å². The minimum Gasteiger partial charge on any atom is -0.455 e. The normalized spacial score (nSPS) is 20.3. The highest BCUT2D eigenvalue weighted by Gasteiger charge is 2.52. The molecule has 27 heavy (non-hydrogen) atoms. The lowest BCUT2D eigenvalue weighted by Gasteiger charge is -2.23. The molecule has 0 spiro atoms. The maximum atomic E-state index is 12.8. The largest absolute Gasteiger partial charge is 0.455 e. The van der Waals surface area contributed by atoms with Gasteiger partial charge in [0.25, 0.3) is 5.91 Å². The van der Waals surface area contributed by atoms with Gasteiger partial charge in [0.1, 0.15) is 0 Å². The summed E-state index contributed by atoms with van der Waals surface area (Å²) in [5.74, 6) is -0.442. The molecule has 1 amide bonds. The second kappa shape index (κ2) is 7.39. The summed E-state index contributed by atoms with van der Waals surface area (Å²) in [5.41, 5.74) is 1.34. The van der Waals surface area contributed by atoms with E-state index in [1.54, 1.807) is 16.7 Å². The highest BCUT2D eigenvalue weighted by Crippen LogP contribution is 2.49. The van der Waals surface area contributed by atoms with E-state index in [1.807, 2.05) is 54.6 Å². The van der Waals surface area contributed by atoms with Crippen LogP contribution < -0.4 is 4.90 Å². The maximum absolute atomic E-state index is 12.8. The highest BCUT2D eigenvalue weighted by molar-refractivity contribution is 8.00. The number of carbonyl (C=O) groups is 2. The fourth-order valence-electron chi connectivity index (χ4n) is 3.58. The van der Waals surface area contributed by atoms with E-state index in [-0.39, 0.29) is 18.5 Å². The van der Waals surface area contributed by atoms with Crippen molar-refractivity contribution in [2.24, 2.45) is 0 Å². The number of fused-ring (bicyclic) bond motifs is 1. The van der Waals surface area contributed by atoms with E-state index in [9.17, 15) is 9.59 Å². The molecule has 2 aliphatic rings. The quantitative estimate of drug-likeness (QED) is 0.746. The first kappa shape index (κ1) is 18.1. The average molecular weight is 381 g/mol. The van der Waals surface area contributed by atoms with Crippen molar-refractivity contribution >= 4 is 29.3 Å². The van der Waals surface area contributed by atoms with Crippen molar-refractivity contribution in [1.82, 2.24) is 0 Å². The van der Waals surface area contributed by atoms with Gasteiger partial charge < -0.3 is 9.64 Å². The van der Waals surface area contributed by atoms with Crippen molar-refractivity contribution in [3.05, 3.63) is 60.2 Å². The minimum absolute atomic E-state index is 0.158. The van der Waals surface area contributed by atoms with Crippen LogP contribution in [0.4, 0.5) is 5.69 Å². The first-order valence-electron chi connectivity index (χ1n) is 9.39. The Bertz CT molecular complexity index is 848. The molecule has 1 aliphatic heterocycles. The van der Waals surface area contributed by atoms with Crippen LogP contribution in [0.5, 0.6) is 0 Å². The number of para-hydroxylation sites is 1. The molecule has 1 atom stereocenters. The number of nitrogens with zero attached hydrogens (tertiary/aromatic N) is 1. The predicted molar refractivity (Wildman–Crippen MR) is 107 cm³/mol. The molecule has 5 heteroatoms.